The lowest BCUT2D eigenvalue weighted by Gasteiger charge is -2.45. The Morgan fingerprint density at radius 2 is 1.62 bits per heavy atom. The highest BCUT2D eigenvalue weighted by Gasteiger charge is 2.44. The van der Waals surface area contributed by atoms with Crippen LogP contribution < -0.4 is 5.32 Å². The second kappa shape index (κ2) is 8.67. The summed E-state index contributed by atoms with van der Waals surface area (Å²) in [6, 6.07) is 11.0. The van der Waals surface area contributed by atoms with Gasteiger partial charge in [-0.3, -0.25) is 4.90 Å². The molecule has 3 fully saturated rings. The molecule has 2 heterocycles. The average Bonchev–Trinajstić information content (AvgIpc) is 3.08. The van der Waals surface area contributed by atoms with Gasteiger partial charge in [-0.2, -0.15) is 0 Å². The van der Waals surface area contributed by atoms with Crippen LogP contribution in [-0.2, 0) is 0 Å². The maximum absolute atomic E-state index is 13.4. The van der Waals surface area contributed by atoms with Crippen LogP contribution in [0, 0.1) is 17.3 Å². The smallest absolute Gasteiger partial charge is 0.320 e. The fraction of sp³-hybridized carbons (Fsp3) is 0.720. The number of amides is 2. The van der Waals surface area contributed by atoms with Crippen LogP contribution in [0.1, 0.15) is 65.7 Å². The number of carbonyl (C=O) groups excluding carboxylic acids is 1. The first-order valence-corrected chi connectivity index (χ1v) is 11.8. The number of carbonyl (C=O) groups is 1. The standard InChI is InChI=1S/C25H39N3O/c1-25(2,3)20-14-12-19(13-15-20)23-22-11-7-16-27(22)17-8-18-28(23)24(29)26-21-9-5-4-6-10-21/h4-6,9-10,19-20,22-23H,7-8,11-18H2,1-3H3,(H,26,29). The van der Waals surface area contributed by atoms with E-state index in [2.05, 4.69) is 35.9 Å². The molecule has 4 heteroatoms. The van der Waals surface area contributed by atoms with Crippen LogP contribution >= 0.6 is 0 Å². The van der Waals surface area contributed by atoms with E-state index in [1.807, 2.05) is 30.3 Å². The van der Waals surface area contributed by atoms with Crippen molar-refractivity contribution in [3.63, 3.8) is 0 Å². The number of para-hydroxylation sites is 1. The summed E-state index contributed by atoms with van der Waals surface area (Å²) in [5.74, 6) is 1.45. The van der Waals surface area contributed by atoms with E-state index in [4.69, 9.17) is 0 Å². The van der Waals surface area contributed by atoms with Crippen molar-refractivity contribution in [2.75, 3.05) is 25.0 Å². The number of anilines is 1. The third kappa shape index (κ3) is 4.63. The Labute approximate surface area is 177 Å². The number of rotatable bonds is 2. The van der Waals surface area contributed by atoms with Crippen molar-refractivity contribution >= 4 is 11.7 Å². The number of hydrogen-bond acceptors (Lipinski definition) is 2. The van der Waals surface area contributed by atoms with Gasteiger partial charge in [-0.25, -0.2) is 4.79 Å². The van der Waals surface area contributed by atoms with Gasteiger partial charge in [0.15, 0.2) is 0 Å². The van der Waals surface area contributed by atoms with Crippen LogP contribution in [0.4, 0.5) is 10.5 Å². The van der Waals surface area contributed by atoms with Crippen LogP contribution in [0.3, 0.4) is 0 Å². The number of nitrogens with one attached hydrogen (secondary N) is 1. The van der Waals surface area contributed by atoms with Crippen LogP contribution in [0.5, 0.6) is 0 Å². The van der Waals surface area contributed by atoms with Crippen molar-refractivity contribution < 1.29 is 4.79 Å². The molecule has 0 radical (unpaired) electrons. The number of urea groups is 1. The number of benzene rings is 1. The highest BCUT2D eigenvalue weighted by molar-refractivity contribution is 5.89. The van der Waals surface area contributed by atoms with Crippen LogP contribution in [-0.4, -0.2) is 47.5 Å². The van der Waals surface area contributed by atoms with E-state index < -0.39 is 0 Å². The Balaban J connectivity index is 1.53. The van der Waals surface area contributed by atoms with Gasteiger partial charge < -0.3 is 10.2 Å². The van der Waals surface area contributed by atoms with Gasteiger partial charge in [0.25, 0.3) is 0 Å². The van der Waals surface area contributed by atoms with Crippen molar-refractivity contribution in [3.8, 4) is 0 Å². The fourth-order valence-corrected chi connectivity index (χ4v) is 6.17. The molecule has 2 aliphatic heterocycles. The lowest BCUT2D eigenvalue weighted by Crippen LogP contribution is -2.54. The Hall–Kier alpha value is -1.55. The zero-order valence-corrected chi connectivity index (χ0v) is 18.6. The maximum atomic E-state index is 13.4. The monoisotopic (exact) mass is 397 g/mol. The number of hydrogen-bond donors (Lipinski definition) is 1. The Kier molecular flexibility index (Phi) is 6.19. The van der Waals surface area contributed by atoms with Crippen molar-refractivity contribution in [2.24, 2.45) is 17.3 Å². The Bertz CT molecular complexity index is 675. The normalized spacial score (nSPS) is 31.2. The molecule has 0 bridgehead atoms. The van der Waals surface area contributed by atoms with E-state index in [-0.39, 0.29) is 6.03 Å². The third-order valence-electron chi connectivity index (χ3n) is 7.78. The molecule has 1 aromatic carbocycles. The number of nitrogens with zero attached hydrogens (tertiary/aromatic N) is 2. The molecule has 3 aliphatic rings. The minimum absolute atomic E-state index is 0.105. The quantitative estimate of drug-likeness (QED) is 0.704. The largest absolute Gasteiger partial charge is 0.322 e. The first-order valence-electron chi connectivity index (χ1n) is 11.8. The molecular weight excluding hydrogens is 358 g/mol. The Morgan fingerprint density at radius 3 is 2.31 bits per heavy atom. The molecule has 2 amide bonds. The van der Waals surface area contributed by atoms with Gasteiger partial charge in [0, 0.05) is 24.8 Å². The van der Waals surface area contributed by atoms with Crippen molar-refractivity contribution in [1.82, 2.24) is 9.80 Å². The van der Waals surface area contributed by atoms with Crippen LogP contribution in [0.15, 0.2) is 30.3 Å². The van der Waals surface area contributed by atoms with Gasteiger partial charge in [0.2, 0.25) is 0 Å². The van der Waals surface area contributed by atoms with Crippen molar-refractivity contribution in [1.29, 1.82) is 0 Å². The molecule has 0 spiro atoms. The van der Waals surface area contributed by atoms with E-state index in [9.17, 15) is 4.79 Å². The van der Waals surface area contributed by atoms with Gasteiger partial charge in [0.05, 0.1) is 6.04 Å². The van der Waals surface area contributed by atoms with Crippen LogP contribution in [0.2, 0.25) is 0 Å². The zero-order valence-electron chi connectivity index (χ0n) is 18.6. The minimum atomic E-state index is 0.105. The molecule has 2 atom stereocenters. The molecule has 4 rings (SSSR count). The molecule has 29 heavy (non-hydrogen) atoms. The first kappa shape index (κ1) is 20.7. The molecule has 1 saturated carbocycles. The van der Waals surface area contributed by atoms with Crippen molar-refractivity contribution in [2.45, 2.75) is 77.8 Å². The molecule has 2 unspecified atom stereocenters. The summed E-state index contributed by atoms with van der Waals surface area (Å²) in [5.41, 5.74) is 1.30. The van der Waals surface area contributed by atoms with Gasteiger partial charge in [-0.1, -0.05) is 39.0 Å². The highest BCUT2D eigenvalue weighted by atomic mass is 16.2. The summed E-state index contributed by atoms with van der Waals surface area (Å²) in [4.78, 5) is 18.3. The van der Waals surface area contributed by atoms with E-state index in [1.165, 1.54) is 45.1 Å². The van der Waals surface area contributed by atoms with E-state index >= 15 is 0 Å². The van der Waals surface area contributed by atoms with Gasteiger partial charge in [-0.05, 0) is 80.9 Å². The van der Waals surface area contributed by atoms with Crippen molar-refractivity contribution in [3.05, 3.63) is 30.3 Å². The molecule has 0 aromatic heterocycles. The van der Waals surface area contributed by atoms with Gasteiger partial charge >= 0.3 is 6.03 Å². The number of fused-ring (bicyclic) bond motifs is 1. The maximum Gasteiger partial charge on any atom is 0.322 e. The summed E-state index contributed by atoms with van der Waals surface area (Å²) >= 11 is 0. The second-order valence-electron chi connectivity index (χ2n) is 10.6. The first-order chi connectivity index (χ1) is 13.9. The predicted octanol–water partition coefficient (Wildman–Crippen LogP) is 5.61. The lowest BCUT2D eigenvalue weighted by molar-refractivity contribution is 0.0666. The van der Waals surface area contributed by atoms with Crippen LogP contribution in [0.25, 0.3) is 0 Å². The average molecular weight is 398 g/mol. The molecule has 1 aliphatic carbocycles. The topological polar surface area (TPSA) is 35.6 Å². The molecule has 4 nitrogen and oxygen atoms in total. The van der Waals surface area contributed by atoms with E-state index in [0.29, 0.717) is 23.4 Å². The molecule has 2 saturated heterocycles. The predicted molar refractivity (Wildman–Crippen MR) is 120 cm³/mol. The summed E-state index contributed by atoms with van der Waals surface area (Å²) in [6.45, 7) is 10.4. The SMILES string of the molecule is CC(C)(C)C1CCC(C2C3CCCN3CCCN2C(=O)Nc2ccccc2)CC1. The summed E-state index contributed by atoms with van der Waals surface area (Å²) in [7, 11) is 0. The minimum Gasteiger partial charge on any atom is -0.320 e. The lowest BCUT2D eigenvalue weighted by atomic mass is 9.67. The Morgan fingerprint density at radius 1 is 0.931 bits per heavy atom. The second-order valence-corrected chi connectivity index (χ2v) is 10.6. The third-order valence-corrected chi connectivity index (χ3v) is 7.78. The molecular formula is C25H39N3O. The zero-order chi connectivity index (χ0) is 20.4. The summed E-state index contributed by atoms with van der Waals surface area (Å²) in [6.07, 6.45) is 8.79. The molecule has 160 valence electrons. The molecule has 1 aromatic rings. The van der Waals surface area contributed by atoms with E-state index in [1.54, 1.807) is 0 Å². The molecule has 1 N–H and O–H groups in total. The van der Waals surface area contributed by atoms with Gasteiger partial charge in [-0.15, -0.1) is 0 Å². The highest BCUT2D eigenvalue weighted by Crippen LogP contribution is 2.44. The summed E-state index contributed by atoms with van der Waals surface area (Å²) in [5, 5.41) is 3.19. The van der Waals surface area contributed by atoms with Gasteiger partial charge in [0.1, 0.15) is 0 Å². The van der Waals surface area contributed by atoms with E-state index in [0.717, 1.165) is 31.1 Å². The summed E-state index contributed by atoms with van der Waals surface area (Å²) < 4.78 is 0. The fourth-order valence-electron chi connectivity index (χ4n) is 6.17.